The third-order valence-corrected chi connectivity index (χ3v) is 5.73. The van der Waals surface area contributed by atoms with Crippen LogP contribution in [0.4, 0.5) is 5.95 Å². The summed E-state index contributed by atoms with van der Waals surface area (Å²) in [6, 6.07) is 8.60. The predicted octanol–water partition coefficient (Wildman–Crippen LogP) is 3.14. The smallest absolute Gasteiger partial charge is 0.335 e. The number of nitrogen functional groups attached to an aromatic ring is 1. The van der Waals surface area contributed by atoms with Crippen LogP contribution in [0.1, 0.15) is 15.9 Å². The highest BCUT2D eigenvalue weighted by molar-refractivity contribution is 8.00. The summed E-state index contributed by atoms with van der Waals surface area (Å²) in [6.45, 7) is 0. The molecule has 25 heavy (non-hydrogen) atoms. The van der Waals surface area contributed by atoms with Gasteiger partial charge in [0, 0.05) is 5.56 Å². The molecule has 124 valence electrons. The number of benzene rings is 1. The normalized spacial score (nSPS) is 10.4. The number of hydrogen-bond acceptors (Lipinski definition) is 8. The zero-order valence-electron chi connectivity index (χ0n) is 12.9. The first kappa shape index (κ1) is 16.9. The maximum atomic E-state index is 11.1. The van der Waals surface area contributed by atoms with Crippen LogP contribution in [0.25, 0.3) is 21.7 Å². The lowest BCUT2D eigenvalue weighted by molar-refractivity contribution is 0.0697. The fourth-order valence-corrected chi connectivity index (χ4v) is 4.21. The van der Waals surface area contributed by atoms with E-state index in [1.165, 1.54) is 41.4 Å². The summed E-state index contributed by atoms with van der Waals surface area (Å²) in [5.74, 6) is -0.961. The van der Waals surface area contributed by atoms with Gasteiger partial charge in [-0.2, -0.15) is 10.4 Å². The van der Waals surface area contributed by atoms with Gasteiger partial charge in [-0.05, 0) is 24.0 Å². The first-order valence-electron chi connectivity index (χ1n) is 6.95. The summed E-state index contributed by atoms with van der Waals surface area (Å²) in [5.41, 5.74) is 8.27. The Balaban J connectivity index is 2.25. The van der Waals surface area contributed by atoms with Crippen molar-refractivity contribution in [1.29, 1.82) is 5.26 Å². The van der Waals surface area contributed by atoms with Gasteiger partial charge in [0.25, 0.3) is 0 Å². The van der Waals surface area contributed by atoms with Crippen LogP contribution in [0.15, 0.2) is 34.7 Å². The van der Waals surface area contributed by atoms with Gasteiger partial charge in [0.2, 0.25) is 5.95 Å². The van der Waals surface area contributed by atoms with Crippen LogP contribution in [0.2, 0.25) is 0 Å². The Hall–Kier alpha value is -2.96. The quantitative estimate of drug-likeness (QED) is 0.672. The Morgan fingerprint density at radius 2 is 2.08 bits per heavy atom. The zero-order valence-corrected chi connectivity index (χ0v) is 14.6. The molecule has 3 aromatic rings. The maximum Gasteiger partial charge on any atom is 0.335 e. The van der Waals surface area contributed by atoms with Gasteiger partial charge in [-0.1, -0.05) is 12.1 Å². The van der Waals surface area contributed by atoms with Crippen molar-refractivity contribution < 1.29 is 9.90 Å². The van der Waals surface area contributed by atoms with E-state index in [9.17, 15) is 10.1 Å². The van der Waals surface area contributed by atoms with Crippen LogP contribution in [0.5, 0.6) is 0 Å². The first-order valence-corrected chi connectivity index (χ1v) is 8.99. The molecule has 0 amide bonds. The minimum Gasteiger partial charge on any atom is -0.478 e. The van der Waals surface area contributed by atoms with Crippen LogP contribution >= 0.6 is 23.1 Å². The van der Waals surface area contributed by atoms with Crippen molar-refractivity contribution in [3.8, 4) is 27.8 Å². The number of thioether (sulfide) groups is 1. The number of carbonyl (C=O) groups is 1. The number of carboxylic acids is 1. The van der Waals surface area contributed by atoms with E-state index in [2.05, 4.69) is 21.3 Å². The largest absolute Gasteiger partial charge is 0.478 e. The maximum absolute atomic E-state index is 11.1. The summed E-state index contributed by atoms with van der Waals surface area (Å²) >= 11 is 2.88. The van der Waals surface area contributed by atoms with Crippen molar-refractivity contribution in [2.45, 2.75) is 4.21 Å². The van der Waals surface area contributed by atoms with Crippen molar-refractivity contribution in [2.24, 2.45) is 0 Å². The molecule has 0 unspecified atom stereocenters. The van der Waals surface area contributed by atoms with Gasteiger partial charge in [0.05, 0.1) is 26.4 Å². The van der Waals surface area contributed by atoms with E-state index >= 15 is 0 Å². The molecule has 0 atom stereocenters. The molecule has 0 bridgehead atoms. The molecule has 2 heterocycles. The molecule has 9 heteroatoms. The topological polar surface area (TPSA) is 126 Å². The number of rotatable bonds is 4. The van der Waals surface area contributed by atoms with Gasteiger partial charge >= 0.3 is 5.97 Å². The van der Waals surface area contributed by atoms with Crippen LogP contribution < -0.4 is 5.73 Å². The standard InChI is InChI=1S/C16H11N5O2S2/c1-24-15-10(6-17)12(8-2-4-9(5-3-8)14(22)23)13(25-15)11-7-19-21-16(18)20-11/h2-5,7H,1H3,(H,22,23)(H2,18,20,21). The second kappa shape index (κ2) is 6.88. The van der Waals surface area contributed by atoms with E-state index < -0.39 is 5.97 Å². The lowest BCUT2D eigenvalue weighted by Crippen LogP contribution is -1.98. The molecular formula is C16H11N5O2S2. The molecule has 1 aromatic carbocycles. The molecule has 3 N–H and O–H groups in total. The lowest BCUT2D eigenvalue weighted by atomic mass is 10.00. The van der Waals surface area contributed by atoms with Gasteiger partial charge in [-0.3, -0.25) is 0 Å². The molecule has 0 radical (unpaired) electrons. The zero-order chi connectivity index (χ0) is 18.0. The highest BCUT2D eigenvalue weighted by Crippen LogP contribution is 2.45. The van der Waals surface area contributed by atoms with E-state index in [1.54, 1.807) is 12.1 Å². The van der Waals surface area contributed by atoms with Crippen LogP contribution in [0, 0.1) is 11.3 Å². The van der Waals surface area contributed by atoms with E-state index in [-0.39, 0.29) is 11.5 Å². The lowest BCUT2D eigenvalue weighted by Gasteiger charge is -2.05. The summed E-state index contributed by atoms with van der Waals surface area (Å²) in [5, 5.41) is 26.2. The van der Waals surface area contributed by atoms with Gasteiger partial charge < -0.3 is 10.8 Å². The number of aromatic carboxylic acids is 1. The van der Waals surface area contributed by atoms with Gasteiger partial charge in [0.15, 0.2) is 0 Å². The van der Waals surface area contributed by atoms with Crippen molar-refractivity contribution >= 4 is 35.0 Å². The Morgan fingerprint density at radius 3 is 2.64 bits per heavy atom. The summed E-state index contributed by atoms with van der Waals surface area (Å²) in [4.78, 5) is 16.0. The fourth-order valence-electron chi connectivity index (χ4n) is 2.32. The average Bonchev–Trinajstić information content (AvgIpc) is 3.00. The number of anilines is 1. The highest BCUT2D eigenvalue weighted by Gasteiger charge is 2.22. The third kappa shape index (κ3) is 3.17. The SMILES string of the molecule is CSc1sc(-c2cnnc(N)n2)c(-c2ccc(C(=O)O)cc2)c1C#N. The van der Waals surface area contributed by atoms with Gasteiger partial charge in [-0.25, -0.2) is 9.78 Å². The van der Waals surface area contributed by atoms with E-state index in [0.29, 0.717) is 16.8 Å². The fraction of sp³-hybridized carbons (Fsp3) is 0.0625. The number of carboxylic acid groups (broad SMARTS) is 1. The summed E-state index contributed by atoms with van der Waals surface area (Å²) in [7, 11) is 0. The Labute approximate surface area is 151 Å². The molecule has 2 aromatic heterocycles. The minimum absolute atomic E-state index is 0.0438. The molecule has 0 spiro atoms. The second-order valence-corrected chi connectivity index (χ2v) is 6.96. The van der Waals surface area contributed by atoms with Gasteiger partial charge in [0.1, 0.15) is 11.8 Å². The first-order chi connectivity index (χ1) is 12.0. The molecule has 3 rings (SSSR count). The van der Waals surface area contributed by atoms with E-state index in [1.807, 2.05) is 6.26 Å². The van der Waals surface area contributed by atoms with Crippen molar-refractivity contribution in [2.75, 3.05) is 12.0 Å². The molecular weight excluding hydrogens is 358 g/mol. The third-order valence-electron chi connectivity index (χ3n) is 3.40. The minimum atomic E-state index is -1.00. The van der Waals surface area contributed by atoms with E-state index in [4.69, 9.17) is 10.8 Å². The molecule has 0 fully saturated rings. The summed E-state index contributed by atoms with van der Waals surface area (Å²) in [6.07, 6.45) is 3.38. The second-order valence-electron chi connectivity index (χ2n) is 4.87. The number of nitrogens with zero attached hydrogens (tertiary/aromatic N) is 4. The van der Waals surface area contributed by atoms with Crippen molar-refractivity contribution in [3.63, 3.8) is 0 Å². The van der Waals surface area contributed by atoms with Crippen molar-refractivity contribution in [1.82, 2.24) is 15.2 Å². The van der Waals surface area contributed by atoms with Crippen LogP contribution in [0.3, 0.4) is 0 Å². The Morgan fingerprint density at radius 1 is 1.36 bits per heavy atom. The number of nitrogens with two attached hydrogens (primary N) is 1. The average molecular weight is 369 g/mol. The predicted molar refractivity (Wildman–Crippen MR) is 96.4 cm³/mol. The number of aromatic nitrogens is 3. The highest BCUT2D eigenvalue weighted by atomic mass is 32.2. The molecule has 7 nitrogen and oxygen atoms in total. The molecule has 0 aliphatic rings. The number of thiophene rings is 1. The Kier molecular flexibility index (Phi) is 4.65. The van der Waals surface area contributed by atoms with Gasteiger partial charge in [-0.15, -0.1) is 28.2 Å². The summed E-state index contributed by atoms with van der Waals surface area (Å²) < 4.78 is 0.840. The van der Waals surface area contributed by atoms with Crippen LogP contribution in [-0.4, -0.2) is 32.5 Å². The number of hydrogen-bond donors (Lipinski definition) is 2. The Bertz CT molecular complexity index is 993. The monoisotopic (exact) mass is 369 g/mol. The molecule has 0 saturated heterocycles. The molecule has 0 aliphatic heterocycles. The van der Waals surface area contributed by atoms with Crippen molar-refractivity contribution in [3.05, 3.63) is 41.6 Å². The number of nitriles is 1. The molecule has 0 aliphatic carbocycles. The molecule has 0 saturated carbocycles. The van der Waals surface area contributed by atoms with Crippen LogP contribution in [-0.2, 0) is 0 Å². The van der Waals surface area contributed by atoms with E-state index in [0.717, 1.165) is 14.6 Å².